The molecule has 0 saturated carbocycles. The Morgan fingerprint density at radius 1 is 0.643 bits per heavy atom. The first-order valence-electron chi connectivity index (χ1n) is 4.96. The van der Waals surface area contributed by atoms with Crippen LogP contribution in [0.1, 0.15) is 25.7 Å². The number of hydrogen-bond acceptors (Lipinski definition) is 0. The molecule has 0 aliphatic heterocycles. The van der Waals surface area contributed by atoms with Crippen LogP contribution in [0.5, 0.6) is 0 Å². The standard InChI is InChI=1S/C8H18F4Si2/c1-13(9,10)7-5-3-4-6-8-14(2,11)12/h3-8H2,1-2H3. The Balaban J connectivity index is 3.23. The topological polar surface area (TPSA) is 0 Å². The molecule has 0 atom stereocenters. The Morgan fingerprint density at radius 2 is 0.929 bits per heavy atom. The van der Waals surface area contributed by atoms with Crippen LogP contribution in [0.2, 0.25) is 25.2 Å². The summed E-state index contributed by atoms with van der Waals surface area (Å²) >= 11 is 0. The van der Waals surface area contributed by atoms with Crippen LogP contribution >= 0.6 is 0 Å². The minimum atomic E-state index is -3.89. The average Bonchev–Trinajstić information content (AvgIpc) is 1.92. The van der Waals surface area contributed by atoms with Gasteiger partial charge in [-0.15, -0.1) is 0 Å². The fourth-order valence-corrected chi connectivity index (χ4v) is 2.97. The summed E-state index contributed by atoms with van der Waals surface area (Å²) in [5.74, 6) is 0. The molecule has 0 bridgehead atoms. The zero-order valence-electron chi connectivity index (χ0n) is 8.75. The summed E-state index contributed by atoms with van der Waals surface area (Å²) in [5, 5.41) is 0. The van der Waals surface area contributed by atoms with E-state index in [2.05, 4.69) is 0 Å². The van der Waals surface area contributed by atoms with Crippen molar-refractivity contribution in [1.29, 1.82) is 0 Å². The summed E-state index contributed by atoms with van der Waals surface area (Å²) in [6.07, 6.45) is 2.32. The summed E-state index contributed by atoms with van der Waals surface area (Å²) in [7, 11) is -7.79. The Hall–Kier alpha value is 0.154. The molecule has 0 aliphatic rings. The maximum atomic E-state index is 12.4. The lowest BCUT2D eigenvalue weighted by molar-refractivity contribution is 0.567. The third-order valence-corrected chi connectivity index (χ3v) is 4.44. The third kappa shape index (κ3) is 12.2. The lowest BCUT2D eigenvalue weighted by Crippen LogP contribution is -2.16. The largest absolute Gasteiger partial charge is 0.422 e. The second-order valence-electron chi connectivity index (χ2n) is 4.05. The van der Waals surface area contributed by atoms with Crippen LogP contribution < -0.4 is 0 Å². The van der Waals surface area contributed by atoms with Gasteiger partial charge < -0.3 is 0 Å². The van der Waals surface area contributed by atoms with Gasteiger partial charge >= 0.3 is 17.5 Å². The van der Waals surface area contributed by atoms with Gasteiger partial charge in [0.15, 0.2) is 0 Å². The number of rotatable bonds is 7. The van der Waals surface area contributed by atoms with E-state index in [1.165, 1.54) is 0 Å². The Labute approximate surface area is 85.4 Å². The molecule has 0 aromatic heterocycles. The van der Waals surface area contributed by atoms with Gasteiger partial charge in [0, 0.05) is 0 Å². The summed E-state index contributed by atoms with van der Waals surface area (Å²) in [6.45, 7) is 2.06. The van der Waals surface area contributed by atoms with Crippen molar-refractivity contribution in [3.8, 4) is 0 Å². The molecule has 0 rings (SSSR count). The van der Waals surface area contributed by atoms with Gasteiger partial charge in [-0.1, -0.05) is 25.7 Å². The second-order valence-corrected chi connectivity index (χ2v) is 9.34. The molecular weight excluding hydrogens is 228 g/mol. The highest BCUT2D eigenvalue weighted by molar-refractivity contribution is 6.64. The predicted molar refractivity (Wildman–Crippen MR) is 55.8 cm³/mol. The molecule has 0 aliphatic carbocycles. The van der Waals surface area contributed by atoms with E-state index in [0.29, 0.717) is 25.7 Å². The summed E-state index contributed by atoms with van der Waals surface area (Å²) in [4.78, 5) is 0. The van der Waals surface area contributed by atoms with E-state index < -0.39 is 17.5 Å². The van der Waals surface area contributed by atoms with Crippen molar-refractivity contribution in [2.45, 2.75) is 50.9 Å². The molecule has 0 heterocycles. The van der Waals surface area contributed by atoms with Gasteiger partial charge in [0.2, 0.25) is 0 Å². The molecule has 0 spiro atoms. The number of hydrogen-bond donors (Lipinski definition) is 0. The van der Waals surface area contributed by atoms with Crippen LogP contribution in [0.4, 0.5) is 16.4 Å². The smallest absolute Gasteiger partial charge is 0.271 e. The van der Waals surface area contributed by atoms with Crippen molar-refractivity contribution in [3.05, 3.63) is 0 Å². The van der Waals surface area contributed by atoms with E-state index in [0.717, 1.165) is 13.1 Å². The highest BCUT2D eigenvalue weighted by atomic mass is 28.4. The first-order chi connectivity index (χ1) is 6.21. The van der Waals surface area contributed by atoms with E-state index in [4.69, 9.17) is 0 Å². The number of unbranched alkanes of at least 4 members (excludes halogenated alkanes) is 3. The monoisotopic (exact) mass is 246 g/mol. The first-order valence-corrected chi connectivity index (χ1v) is 9.89. The lowest BCUT2D eigenvalue weighted by atomic mass is 10.2. The van der Waals surface area contributed by atoms with E-state index in [1.807, 2.05) is 0 Å². The predicted octanol–water partition coefficient (Wildman–Crippen LogP) is 4.57. The van der Waals surface area contributed by atoms with Crippen molar-refractivity contribution in [3.63, 3.8) is 0 Å². The van der Waals surface area contributed by atoms with Crippen LogP contribution in [-0.4, -0.2) is 17.5 Å². The molecule has 0 aromatic rings. The first kappa shape index (κ1) is 14.2. The minimum absolute atomic E-state index is 0.00689. The molecule has 0 amide bonds. The zero-order valence-corrected chi connectivity index (χ0v) is 10.8. The van der Waals surface area contributed by atoms with Crippen molar-refractivity contribution in [1.82, 2.24) is 0 Å². The summed E-state index contributed by atoms with van der Waals surface area (Å²) in [6, 6.07) is 0.0138. The molecule has 0 fully saturated rings. The highest BCUT2D eigenvalue weighted by Crippen LogP contribution is 2.20. The van der Waals surface area contributed by atoms with Crippen LogP contribution in [0.25, 0.3) is 0 Å². The maximum absolute atomic E-state index is 12.4. The molecule has 0 N–H and O–H groups in total. The quantitative estimate of drug-likeness (QED) is 0.267. The van der Waals surface area contributed by atoms with Gasteiger partial charge in [0.05, 0.1) is 0 Å². The Bertz CT molecular complexity index is 132. The van der Waals surface area contributed by atoms with Crippen LogP contribution in [0, 0.1) is 0 Å². The van der Waals surface area contributed by atoms with E-state index in [-0.39, 0.29) is 12.1 Å². The summed E-state index contributed by atoms with van der Waals surface area (Å²) < 4.78 is 49.8. The summed E-state index contributed by atoms with van der Waals surface area (Å²) in [5.41, 5.74) is 0. The van der Waals surface area contributed by atoms with Crippen LogP contribution in [0.15, 0.2) is 0 Å². The van der Waals surface area contributed by atoms with Gasteiger partial charge in [0.25, 0.3) is 0 Å². The third-order valence-electron chi connectivity index (χ3n) is 1.98. The minimum Gasteiger partial charge on any atom is -0.271 e. The molecule has 0 unspecified atom stereocenters. The molecule has 0 radical (unpaired) electrons. The fraction of sp³-hybridized carbons (Fsp3) is 1.00. The molecule has 14 heavy (non-hydrogen) atoms. The Morgan fingerprint density at radius 3 is 1.14 bits per heavy atom. The highest BCUT2D eigenvalue weighted by Gasteiger charge is 2.27. The van der Waals surface area contributed by atoms with Gasteiger partial charge in [-0.3, -0.25) is 16.4 Å². The van der Waals surface area contributed by atoms with Crippen molar-refractivity contribution in [2.75, 3.05) is 0 Å². The molecule has 0 aromatic carbocycles. The van der Waals surface area contributed by atoms with E-state index in [9.17, 15) is 16.4 Å². The number of halogens is 4. The molecule has 6 heteroatoms. The van der Waals surface area contributed by atoms with Gasteiger partial charge in [-0.2, -0.15) is 0 Å². The van der Waals surface area contributed by atoms with Gasteiger partial charge in [-0.25, -0.2) is 0 Å². The molecular formula is C8H18F4Si2. The van der Waals surface area contributed by atoms with Gasteiger partial charge in [0.1, 0.15) is 0 Å². The van der Waals surface area contributed by atoms with E-state index in [1.54, 1.807) is 0 Å². The molecule has 0 saturated heterocycles. The SMILES string of the molecule is C[Si](F)(F)CCCCCC[Si](C)(F)F. The Kier molecular flexibility index (Phi) is 5.96. The van der Waals surface area contributed by atoms with Gasteiger partial charge in [-0.05, 0) is 25.2 Å². The normalized spacial score (nSPS) is 13.3. The molecule has 0 nitrogen and oxygen atoms in total. The van der Waals surface area contributed by atoms with Crippen molar-refractivity contribution < 1.29 is 16.4 Å². The molecule has 86 valence electrons. The second kappa shape index (κ2) is 5.90. The average molecular weight is 246 g/mol. The lowest BCUT2D eigenvalue weighted by Gasteiger charge is -2.07. The van der Waals surface area contributed by atoms with E-state index >= 15 is 0 Å². The van der Waals surface area contributed by atoms with Crippen molar-refractivity contribution >= 4 is 17.5 Å². The van der Waals surface area contributed by atoms with Crippen LogP contribution in [-0.2, 0) is 0 Å². The zero-order chi connectivity index (χ0) is 11.2. The van der Waals surface area contributed by atoms with Crippen molar-refractivity contribution in [2.24, 2.45) is 0 Å². The van der Waals surface area contributed by atoms with Crippen LogP contribution in [0.3, 0.4) is 0 Å². The maximum Gasteiger partial charge on any atom is 0.422 e. The fourth-order valence-electron chi connectivity index (χ4n) is 1.22.